The molecule has 3 heteroatoms. The van der Waals surface area contributed by atoms with Crippen LogP contribution in [0.3, 0.4) is 0 Å². The number of fused-ring (bicyclic) bond motifs is 1. The van der Waals surface area contributed by atoms with Crippen LogP contribution < -0.4 is 5.32 Å². The Hall–Kier alpha value is -1.79. The van der Waals surface area contributed by atoms with Crippen molar-refractivity contribution in [3.63, 3.8) is 0 Å². The highest BCUT2D eigenvalue weighted by Gasteiger charge is 2.35. The Kier molecular flexibility index (Phi) is 2.61. The monoisotopic (exact) mass is 239 g/mol. The van der Waals surface area contributed by atoms with E-state index in [0.717, 1.165) is 37.1 Å². The van der Waals surface area contributed by atoms with Crippen LogP contribution in [0.25, 0.3) is 10.9 Å². The van der Waals surface area contributed by atoms with Gasteiger partial charge in [0.2, 0.25) is 0 Å². The highest BCUT2D eigenvalue weighted by molar-refractivity contribution is 5.84. The molecule has 1 aliphatic rings. The van der Waals surface area contributed by atoms with Gasteiger partial charge >= 0.3 is 0 Å². The van der Waals surface area contributed by atoms with Gasteiger partial charge in [-0.15, -0.1) is 0 Å². The molecule has 0 amide bonds. The van der Waals surface area contributed by atoms with Gasteiger partial charge in [0, 0.05) is 16.6 Å². The second kappa shape index (κ2) is 4.15. The summed E-state index contributed by atoms with van der Waals surface area (Å²) in [5.74, 6) is 0. The molecule has 2 aromatic rings. The molecule has 0 radical (unpaired) electrons. The summed E-state index contributed by atoms with van der Waals surface area (Å²) in [7, 11) is 0. The largest absolute Gasteiger partial charge is 0.357 e. The standard InChI is InChI=1S/C15H17N3/c1-11-3-2-4-13-12(11)9-14(18-13)15(10-16)5-7-17-8-6-15/h2-4,9,17-18H,5-8H2,1H3. The summed E-state index contributed by atoms with van der Waals surface area (Å²) < 4.78 is 0. The molecular weight excluding hydrogens is 222 g/mol. The Morgan fingerprint density at radius 3 is 2.72 bits per heavy atom. The van der Waals surface area contributed by atoms with Gasteiger partial charge in [0.05, 0.1) is 11.5 Å². The SMILES string of the molecule is Cc1cccc2[nH]c(C3(C#N)CCNCC3)cc12. The number of H-pyrrole nitrogens is 1. The Morgan fingerprint density at radius 1 is 1.28 bits per heavy atom. The van der Waals surface area contributed by atoms with Crippen LogP contribution in [0.4, 0.5) is 0 Å². The summed E-state index contributed by atoms with van der Waals surface area (Å²) >= 11 is 0. The average Bonchev–Trinajstić information content (AvgIpc) is 2.85. The lowest BCUT2D eigenvalue weighted by Gasteiger charge is -2.30. The van der Waals surface area contributed by atoms with Gasteiger partial charge in [0.25, 0.3) is 0 Å². The van der Waals surface area contributed by atoms with E-state index in [1.807, 2.05) is 0 Å². The van der Waals surface area contributed by atoms with E-state index in [9.17, 15) is 5.26 Å². The zero-order valence-corrected chi connectivity index (χ0v) is 10.6. The maximum atomic E-state index is 9.59. The van der Waals surface area contributed by atoms with E-state index in [1.165, 1.54) is 10.9 Å². The van der Waals surface area contributed by atoms with Gasteiger partial charge in [-0.25, -0.2) is 0 Å². The van der Waals surface area contributed by atoms with E-state index in [2.05, 4.69) is 47.6 Å². The van der Waals surface area contributed by atoms with Crippen molar-refractivity contribution in [3.05, 3.63) is 35.5 Å². The molecule has 0 aliphatic carbocycles. The van der Waals surface area contributed by atoms with Gasteiger partial charge in [0.1, 0.15) is 0 Å². The fourth-order valence-corrected chi connectivity index (χ4v) is 2.86. The van der Waals surface area contributed by atoms with Gasteiger partial charge in [-0.3, -0.25) is 0 Å². The number of aryl methyl sites for hydroxylation is 1. The molecule has 3 rings (SSSR count). The van der Waals surface area contributed by atoms with Crippen molar-refractivity contribution in [3.8, 4) is 6.07 Å². The van der Waals surface area contributed by atoms with E-state index in [4.69, 9.17) is 0 Å². The molecule has 0 spiro atoms. The molecule has 1 aromatic heterocycles. The van der Waals surface area contributed by atoms with Crippen LogP contribution in [0.5, 0.6) is 0 Å². The third-order valence-corrected chi connectivity index (χ3v) is 4.07. The van der Waals surface area contributed by atoms with Crippen molar-refractivity contribution in [2.24, 2.45) is 0 Å². The molecule has 1 aromatic carbocycles. The van der Waals surface area contributed by atoms with Gasteiger partial charge in [0.15, 0.2) is 0 Å². The second-order valence-electron chi connectivity index (χ2n) is 5.16. The minimum Gasteiger partial charge on any atom is -0.357 e. The average molecular weight is 239 g/mol. The lowest BCUT2D eigenvalue weighted by atomic mass is 9.77. The number of nitriles is 1. The van der Waals surface area contributed by atoms with Gasteiger partial charge in [-0.2, -0.15) is 5.26 Å². The third kappa shape index (κ3) is 1.61. The molecule has 0 bridgehead atoms. The molecule has 1 saturated heterocycles. The number of nitrogens with zero attached hydrogens (tertiary/aromatic N) is 1. The van der Waals surface area contributed by atoms with Crippen LogP contribution in [0.2, 0.25) is 0 Å². The number of hydrogen-bond acceptors (Lipinski definition) is 2. The number of rotatable bonds is 1. The van der Waals surface area contributed by atoms with Gasteiger partial charge in [-0.05, 0) is 50.6 Å². The Bertz CT molecular complexity index is 612. The van der Waals surface area contributed by atoms with Crippen molar-refractivity contribution in [2.75, 3.05) is 13.1 Å². The zero-order valence-electron chi connectivity index (χ0n) is 10.6. The molecule has 18 heavy (non-hydrogen) atoms. The number of piperidine rings is 1. The third-order valence-electron chi connectivity index (χ3n) is 4.07. The van der Waals surface area contributed by atoms with E-state index < -0.39 is 0 Å². The number of aromatic amines is 1. The first kappa shape index (κ1) is 11.3. The van der Waals surface area contributed by atoms with E-state index >= 15 is 0 Å². The highest BCUT2D eigenvalue weighted by atomic mass is 14.9. The van der Waals surface area contributed by atoms with Crippen molar-refractivity contribution < 1.29 is 0 Å². The topological polar surface area (TPSA) is 51.6 Å². The molecule has 0 unspecified atom stereocenters. The van der Waals surface area contributed by atoms with E-state index in [1.54, 1.807) is 0 Å². The Morgan fingerprint density at radius 2 is 2.06 bits per heavy atom. The molecule has 1 aliphatic heterocycles. The van der Waals surface area contributed by atoms with E-state index in [-0.39, 0.29) is 5.41 Å². The minimum atomic E-state index is -0.337. The molecule has 0 saturated carbocycles. The van der Waals surface area contributed by atoms with Crippen LogP contribution in [0.1, 0.15) is 24.1 Å². The Labute approximate surface area is 107 Å². The summed E-state index contributed by atoms with van der Waals surface area (Å²) in [6.07, 6.45) is 1.77. The fraction of sp³-hybridized carbons (Fsp3) is 0.400. The minimum absolute atomic E-state index is 0.337. The summed E-state index contributed by atoms with van der Waals surface area (Å²) in [6.45, 7) is 3.95. The summed E-state index contributed by atoms with van der Waals surface area (Å²) in [5, 5.41) is 14.2. The quantitative estimate of drug-likeness (QED) is 0.803. The summed E-state index contributed by atoms with van der Waals surface area (Å²) in [5.41, 5.74) is 3.14. The molecule has 2 heterocycles. The molecule has 3 nitrogen and oxygen atoms in total. The van der Waals surface area contributed by atoms with E-state index in [0.29, 0.717) is 0 Å². The smallest absolute Gasteiger partial charge is 0.0995 e. The zero-order chi connectivity index (χ0) is 12.6. The first-order chi connectivity index (χ1) is 8.75. The van der Waals surface area contributed by atoms with Crippen molar-refractivity contribution in [1.82, 2.24) is 10.3 Å². The first-order valence-corrected chi connectivity index (χ1v) is 6.46. The van der Waals surface area contributed by atoms with Crippen LogP contribution in [-0.2, 0) is 5.41 Å². The van der Waals surface area contributed by atoms with Crippen LogP contribution >= 0.6 is 0 Å². The van der Waals surface area contributed by atoms with Gasteiger partial charge in [-0.1, -0.05) is 12.1 Å². The lowest BCUT2D eigenvalue weighted by molar-refractivity contribution is 0.376. The van der Waals surface area contributed by atoms with Crippen LogP contribution in [0.15, 0.2) is 24.3 Å². The summed E-state index contributed by atoms with van der Waals surface area (Å²) in [6, 6.07) is 11.0. The number of nitrogens with one attached hydrogen (secondary N) is 2. The summed E-state index contributed by atoms with van der Waals surface area (Å²) in [4.78, 5) is 3.45. The van der Waals surface area contributed by atoms with Crippen molar-refractivity contribution in [2.45, 2.75) is 25.2 Å². The van der Waals surface area contributed by atoms with Crippen molar-refractivity contribution >= 4 is 10.9 Å². The number of benzene rings is 1. The predicted octanol–water partition coefficient (Wildman–Crippen LogP) is 2.62. The highest BCUT2D eigenvalue weighted by Crippen LogP contribution is 2.34. The molecule has 2 N–H and O–H groups in total. The molecular formula is C15H17N3. The second-order valence-corrected chi connectivity index (χ2v) is 5.16. The fourth-order valence-electron chi connectivity index (χ4n) is 2.86. The maximum absolute atomic E-state index is 9.59. The Balaban J connectivity index is 2.13. The lowest BCUT2D eigenvalue weighted by Crippen LogP contribution is -2.39. The van der Waals surface area contributed by atoms with Gasteiger partial charge < -0.3 is 10.3 Å². The molecule has 0 atom stereocenters. The predicted molar refractivity (Wildman–Crippen MR) is 72.4 cm³/mol. The number of hydrogen-bond donors (Lipinski definition) is 2. The normalized spacial score (nSPS) is 18.7. The number of aromatic nitrogens is 1. The maximum Gasteiger partial charge on any atom is 0.0995 e. The van der Waals surface area contributed by atoms with Crippen LogP contribution in [-0.4, -0.2) is 18.1 Å². The van der Waals surface area contributed by atoms with Crippen molar-refractivity contribution in [1.29, 1.82) is 5.26 Å². The first-order valence-electron chi connectivity index (χ1n) is 6.46. The molecule has 92 valence electrons. The van der Waals surface area contributed by atoms with Crippen LogP contribution in [0, 0.1) is 18.3 Å². The molecule has 1 fully saturated rings.